The van der Waals surface area contributed by atoms with Gasteiger partial charge >= 0.3 is 5.97 Å². The molecule has 10 heteroatoms. The van der Waals surface area contributed by atoms with E-state index in [2.05, 4.69) is 5.32 Å². The molecule has 0 aromatic heterocycles. The van der Waals surface area contributed by atoms with Crippen LogP contribution in [0.15, 0.2) is 58.3 Å². The highest BCUT2D eigenvalue weighted by Gasteiger charge is 2.10. The van der Waals surface area contributed by atoms with Crippen molar-refractivity contribution >= 4 is 50.9 Å². The average molecular weight is 443 g/mol. The second kappa shape index (κ2) is 10.5. The lowest BCUT2D eigenvalue weighted by Gasteiger charge is -2.07. The number of carbonyl (C=O) groups is 2. The molecular formula is C18H19ClN2O5S2. The number of primary sulfonamides is 1. The van der Waals surface area contributed by atoms with Crippen LogP contribution < -0.4 is 10.5 Å². The molecule has 28 heavy (non-hydrogen) atoms. The summed E-state index contributed by atoms with van der Waals surface area (Å²) in [6.45, 7) is -0.417. The van der Waals surface area contributed by atoms with Gasteiger partial charge in [0.15, 0.2) is 6.61 Å². The number of rotatable bonds is 9. The van der Waals surface area contributed by atoms with Crippen molar-refractivity contribution in [2.75, 3.05) is 17.7 Å². The van der Waals surface area contributed by atoms with Gasteiger partial charge in [0.1, 0.15) is 0 Å². The van der Waals surface area contributed by atoms with Crippen LogP contribution in [0.2, 0.25) is 5.02 Å². The second-order valence-corrected chi connectivity index (χ2v) is 8.85. The number of benzene rings is 2. The van der Waals surface area contributed by atoms with Crippen molar-refractivity contribution < 1.29 is 22.7 Å². The maximum atomic E-state index is 11.8. The molecule has 3 N–H and O–H groups in total. The monoisotopic (exact) mass is 442 g/mol. The Labute approximate surface area is 172 Å². The average Bonchev–Trinajstić information content (AvgIpc) is 2.65. The maximum absolute atomic E-state index is 11.8. The number of hydrogen-bond donors (Lipinski definition) is 2. The molecule has 0 saturated heterocycles. The van der Waals surface area contributed by atoms with Crippen molar-refractivity contribution in [1.82, 2.24) is 0 Å². The van der Waals surface area contributed by atoms with Crippen LogP contribution in [0.3, 0.4) is 0 Å². The van der Waals surface area contributed by atoms with Crippen LogP contribution in [0.5, 0.6) is 0 Å². The zero-order chi connectivity index (χ0) is 20.6. The molecule has 150 valence electrons. The number of carbonyl (C=O) groups excluding carboxylic acids is 2. The highest BCUT2D eigenvalue weighted by atomic mass is 35.5. The minimum absolute atomic E-state index is 0.0617. The third-order valence-corrected chi connectivity index (χ3v) is 5.72. The van der Waals surface area contributed by atoms with Crippen molar-refractivity contribution in [2.45, 2.75) is 22.6 Å². The fourth-order valence-electron chi connectivity index (χ4n) is 2.08. The molecule has 0 bridgehead atoms. The van der Waals surface area contributed by atoms with Gasteiger partial charge in [0, 0.05) is 22.0 Å². The van der Waals surface area contributed by atoms with Crippen LogP contribution in [0, 0.1) is 0 Å². The first-order valence-corrected chi connectivity index (χ1v) is 11.1. The lowest BCUT2D eigenvalue weighted by molar-refractivity contribution is -0.147. The van der Waals surface area contributed by atoms with Gasteiger partial charge in [-0.1, -0.05) is 11.6 Å². The van der Waals surface area contributed by atoms with E-state index in [-0.39, 0.29) is 11.3 Å². The van der Waals surface area contributed by atoms with Crippen molar-refractivity contribution in [3.05, 3.63) is 53.6 Å². The first-order valence-electron chi connectivity index (χ1n) is 8.21. The molecule has 0 saturated carbocycles. The quantitative estimate of drug-likeness (QED) is 0.350. The molecule has 0 spiro atoms. The summed E-state index contributed by atoms with van der Waals surface area (Å²) in [6, 6.07) is 12.8. The SMILES string of the molecule is NS(=O)(=O)c1ccc(NC(=O)COC(=O)CCCSc2ccc(Cl)cc2)cc1. The Hall–Kier alpha value is -2.07. The Kier molecular flexibility index (Phi) is 8.31. The highest BCUT2D eigenvalue weighted by molar-refractivity contribution is 7.99. The van der Waals surface area contributed by atoms with Crippen LogP contribution in [0.1, 0.15) is 12.8 Å². The summed E-state index contributed by atoms with van der Waals surface area (Å²) in [7, 11) is -3.79. The summed E-state index contributed by atoms with van der Waals surface area (Å²) >= 11 is 7.42. The molecule has 0 atom stereocenters. The molecule has 2 rings (SSSR count). The summed E-state index contributed by atoms with van der Waals surface area (Å²) in [4.78, 5) is 24.5. The fraction of sp³-hybridized carbons (Fsp3) is 0.222. The summed E-state index contributed by atoms with van der Waals surface area (Å²) in [5.74, 6) is -0.247. The largest absolute Gasteiger partial charge is 0.456 e. The molecule has 0 radical (unpaired) electrons. The van der Waals surface area contributed by atoms with Crippen LogP contribution in [0.25, 0.3) is 0 Å². The zero-order valence-corrected chi connectivity index (χ0v) is 17.1. The molecular weight excluding hydrogens is 424 g/mol. The standard InChI is InChI=1S/C18H19ClN2O5S2/c19-13-3-7-15(8-4-13)27-11-1-2-18(23)26-12-17(22)21-14-5-9-16(10-6-14)28(20,24)25/h3-10H,1-2,11-12H2,(H,21,22)(H2,20,24,25). The first kappa shape index (κ1) is 22.2. The van der Waals surface area contributed by atoms with Crippen molar-refractivity contribution in [1.29, 1.82) is 0 Å². The normalized spacial score (nSPS) is 11.1. The van der Waals surface area contributed by atoms with Crippen molar-refractivity contribution in [3.63, 3.8) is 0 Å². The second-order valence-electron chi connectivity index (χ2n) is 5.68. The number of hydrogen-bond acceptors (Lipinski definition) is 6. The van der Waals surface area contributed by atoms with Crippen LogP contribution in [-0.4, -0.2) is 32.7 Å². The van der Waals surface area contributed by atoms with Gasteiger partial charge < -0.3 is 10.1 Å². The fourth-order valence-corrected chi connectivity index (χ4v) is 3.57. The van der Waals surface area contributed by atoms with Gasteiger partial charge in [-0.05, 0) is 60.7 Å². The molecule has 0 aliphatic heterocycles. The first-order chi connectivity index (χ1) is 13.2. The van der Waals surface area contributed by atoms with E-state index in [9.17, 15) is 18.0 Å². The Morgan fingerprint density at radius 1 is 1.07 bits per heavy atom. The number of halogens is 1. The summed E-state index contributed by atoms with van der Waals surface area (Å²) in [6.07, 6.45) is 0.819. The molecule has 0 fully saturated rings. The topological polar surface area (TPSA) is 116 Å². The Morgan fingerprint density at radius 2 is 1.71 bits per heavy atom. The van der Waals surface area contributed by atoms with Crippen LogP contribution in [-0.2, 0) is 24.3 Å². The number of thioether (sulfide) groups is 1. The van der Waals surface area contributed by atoms with Gasteiger partial charge in [-0.2, -0.15) is 0 Å². The van der Waals surface area contributed by atoms with Gasteiger partial charge in [0.05, 0.1) is 4.90 Å². The van der Waals surface area contributed by atoms with E-state index < -0.39 is 28.5 Å². The molecule has 2 aromatic rings. The van der Waals surface area contributed by atoms with Crippen LogP contribution >= 0.6 is 23.4 Å². The van der Waals surface area contributed by atoms with Crippen LogP contribution in [0.4, 0.5) is 5.69 Å². The lowest BCUT2D eigenvalue weighted by Crippen LogP contribution is -2.21. The number of amides is 1. The van der Waals surface area contributed by atoms with Crippen molar-refractivity contribution in [3.8, 4) is 0 Å². The third-order valence-electron chi connectivity index (χ3n) is 3.44. The molecule has 0 heterocycles. The van der Waals surface area contributed by atoms with E-state index in [0.717, 1.165) is 10.6 Å². The number of anilines is 1. The Bertz CT molecular complexity index is 916. The van der Waals surface area contributed by atoms with Gasteiger partial charge in [0.25, 0.3) is 5.91 Å². The number of esters is 1. The number of sulfonamides is 1. The van der Waals surface area contributed by atoms with E-state index in [0.29, 0.717) is 17.1 Å². The smallest absolute Gasteiger partial charge is 0.306 e. The molecule has 0 unspecified atom stereocenters. The minimum Gasteiger partial charge on any atom is -0.456 e. The van der Waals surface area contributed by atoms with Gasteiger partial charge in [0.2, 0.25) is 10.0 Å². The van der Waals surface area contributed by atoms with E-state index in [1.54, 1.807) is 23.9 Å². The van der Waals surface area contributed by atoms with E-state index in [1.807, 2.05) is 12.1 Å². The molecule has 0 aliphatic carbocycles. The Morgan fingerprint density at radius 3 is 2.32 bits per heavy atom. The molecule has 1 amide bonds. The summed E-state index contributed by atoms with van der Waals surface area (Å²) in [5.41, 5.74) is 0.368. The van der Waals surface area contributed by atoms with Gasteiger partial charge in [-0.25, -0.2) is 13.6 Å². The van der Waals surface area contributed by atoms with E-state index in [4.69, 9.17) is 21.5 Å². The van der Waals surface area contributed by atoms with Gasteiger partial charge in [-0.3, -0.25) is 9.59 Å². The maximum Gasteiger partial charge on any atom is 0.306 e. The summed E-state index contributed by atoms with van der Waals surface area (Å²) < 4.78 is 27.3. The third kappa shape index (κ3) is 7.89. The number of nitrogens with two attached hydrogens (primary N) is 1. The zero-order valence-electron chi connectivity index (χ0n) is 14.8. The lowest BCUT2D eigenvalue weighted by atomic mass is 10.3. The number of ether oxygens (including phenoxy) is 1. The van der Waals surface area contributed by atoms with E-state index in [1.165, 1.54) is 24.3 Å². The predicted molar refractivity (Wildman–Crippen MR) is 109 cm³/mol. The number of nitrogens with one attached hydrogen (secondary N) is 1. The highest BCUT2D eigenvalue weighted by Crippen LogP contribution is 2.21. The molecule has 2 aromatic carbocycles. The minimum atomic E-state index is -3.79. The predicted octanol–water partition coefficient (Wildman–Crippen LogP) is 3.04. The van der Waals surface area contributed by atoms with Gasteiger partial charge in [-0.15, -0.1) is 11.8 Å². The molecule has 7 nitrogen and oxygen atoms in total. The van der Waals surface area contributed by atoms with E-state index >= 15 is 0 Å². The van der Waals surface area contributed by atoms with Crippen molar-refractivity contribution in [2.24, 2.45) is 5.14 Å². The summed E-state index contributed by atoms with van der Waals surface area (Å²) in [5, 5.41) is 8.17. The molecule has 0 aliphatic rings. The Balaban J connectivity index is 1.65.